The molecule has 0 aromatic heterocycles. The van der Waals surface area contributed by atoms with Gasteiger partial charge in [-0.05, 0) is 85.4 Å². The number of nitriles is 1. The van der Waals surface area contributed by atoms with Gasteiger partial charge in [0.1, 0.15) is 5.75 Å². The van der Waals surface area contributed by atoms with Crippen LogP contribution in [0.3, 0.4) is 0 Å². The topological polar surface area (TPSA) is 51.5 Å². The third-order valence-electron chi connectivity index (χ3n) is 7.48. The molecule has 3 fully saturated rings. The minimum absolute atomic E-state index is 0.611. The number of hydrogen-bond donors (Lipinski definition) is 1. The van der Waals surface area contributed by atoms with Crippen molar-refractivity contribution in [2.45, 2.75) is 43.9 Å². The van der Waals surface area contributed by atoms with Gasteiger partial charge < -0.3 is 19.9 Å². The number of anilines is 1. The van der Waals surface area contributed by atoms with Crippen LogP contribution in [0.5, 0.6) is 5.75 Å². The minimum atomic E-state index is 0.611. The molecule has 33 heavy (non-hydrogen) atoms. The summed E-state index contributed by atoms with van der Waals surface area (Å²) in [5.41, 5.74) is 4.85. The fraction of sp³-hybridized carbons (Fsp3) is 0.536. The fourth-order valence-corrected chi connectivity index (χ4v) is 5.30. The summed E-state index contributed by atoms with van der Waals surface area (Å²) in [6.07, 6.45) is 5.89. The van der Waals surface area contributed by atoms with Gasteiger partial charge in [-0.3, -0.25) is 0 Å². The highest BCUT2D eigenvalue weighted by atomic mass is 16.5. The average Bonchev–Trinajstić information content (AvgIpc) is 3.73. The molecule has 0 radical (unpaired) electrons. The highest BCUT2D eigenvalue weighted by Crippen LogP contribution is 2.43. The average molecular weight is 445 g/mol. The lowest BCUT2D eigenvalue weighted by molar-refractivity contribution is 0.214. The predicted octanol–water partition coefficient (Wildman–Crippen LogP) is 4.49. The van der Waals surface area contributed by atoms with Crippen molar-refractivity contribution in [3.05, 3.63) is 59.2 Å². The van der Waals surface area contributed by atoms with Gasteiger partial charge in [0.2, 0.25) is 0 Å². The zero-order valence-corrected chi connectivity index (χ0v) is 19.6. The first-order valence-electron chi connectivity index (χ1n) is 12.7. The highest BCUT2D eigenvalue weighted by Gasteiger charge is 2.28. The van der Waals surface area contributed by atoms with Crippen LogP contribution in [-0.4, -0.2) is 57.3 Å². The molecule has 3 aliphatic rings. The van der Waals surface area contributed by atoms with E-state index < -0.39 is 0 Å². The van der Waals surface area contributed by atoms with Gasteiger partial charge >= 0.3 is 0 Å². The van der Waals surface area contributed by atoms with Crippen molar-refractivity contribution in [3.8, 4) is 11.8 Å². The Hall–Kier alpha value is -2.55. The van der Waals surface area contributed by atoms with Gasteiger partial charge in [0.15, 0.2) is 0 Å². The summed E-state index contributed by atoms with van der Waals surface area (Å²) >= 11 is 0. The molecule has 1 N–H and O–H groups in total. The van der Waals surface area contributed by atoms with Crippen molar-refractivity contribution in [2.24, 2.45) is 0 Å². The van der Waals surface area contributed by atoms with Gasteiger partial charge in [-0.2, -0.15) is 5.26 Å². The van der Waals surface area contributed by atoms with E-state index in [4.69, 9.17) is 4.74 Å². The maximum absolute atomic E-state index is 9.41. The van der Waals surface area contributed by atoms with Crippen LogP contribution in [0, 0.1) is 11.3 Å². The van der Waals surface area contributed by atoms with Crippen LogP contribution in [0.15, 0.2) is 42.5 Å². The zero-order valence-electron chi connectivity index (χ0n) is 19.6. The number of piperazine rings is 1. The lowest BCUT2D eigenvalue weighted by atomic mass is 9.89. The minimum Gasteiger partial charge on any atom is -0.494 e. The van der Waals surface area contributed by atoms with E-state index in [0.29, 0.717) is 11.8 Å². The molecular formula is C28H36N4O. The molecule has 2 saturated heterocycles. The van der Waals surface area contributed by atoms with E-state index in [1.54, 1.807) is 0 Å². The monoisotopic (exact) mass is 444 g/mol. The summed E-state index contributed by atoms with van der Waals surface area (Å²) in [6, 6.07) is 17.6. The molecule has 0 bridgehead atoms. The van der Waals surface area contributed by atoms with E-state index in [2.05, 4.69) is 57.6 Å². The number of hydrogen-bond acceptors (Lipinski definition) is 5. The number of rotatable bonds is 8. The Balaban J connectivity index is 1.09. The molecule has 1 aliphatic carbocycles. The van der Waals surface area contributed by atoms with Crippen LogP contribution in [0.1, 0.15) is 60.6 Å². The van der Waals surface area contributed by atoms with E-state index in [-0.39, 0.29) is 0 Å². The van der Waals surface area contributed by atoms with Gasteiger partial charge in [0, 0.05) is 51.5 Å². The molecule has 0 unspecified atom stereocenters. The predicted molar refractivity (Wildman–Crippen MR) is 133 cm³/mol. The molecule has 5 nitrogen and oxygen atoms in total. The molecule has 0 spiro atoms. The smallest absolute Gasteiger partial charge is 0.119 e. The Morgan fingerprint density at radius 2 is 1.67 bits per heavy atom. The van der Waals surface area contributed by atoms with Crippen LogP contribution in [0.2, 0.25) is 0 Å². The Bertz CT molecular complexity index is 949. The van der Waals surface area contributed by atoms with Gasteiger partial charge in [-0.15, -0.1) is 0 Å². The molecule has 5 rings (SSSR count). The highest BCUT2D eigenvalue weighted by molar-refractivity contribution is 5.56. The lowest BCUT2D eigenvalue weighted by Crippen LogP contribution is -2.43. The number of ether oxygens (including phenoxy) is 1. The molecule has 2 heterocycles. The molecule has 2 aromatic carbocycles. The molecule has 2 aromatic rings. The second-order valence-corrected chi connectivity index (χ2v) is 9.78. The van der Waals surface area contributed by atoms with Crippen LogP contribution >= 0.6 is 0 Å². The standard InChI is InChI=1S/C28H36N4O/c29-21-25-4-7-26(20-28(25)24-2-3-24)32-15-10-23(11-16-32)22-5-8-27(9-6-22)33-19-1-14-31-17-12-30-13-18-31/h4-9,20,23-24,30H,1-3,10-19H2. The molecular weight excluding hydrogens is 408 g/mol. The van der Waals surface area contributed by atoms with Crippen molar-refractivity contribution in [1.29, 1.82) is 5.26 Å². The van der Waals surface area contributed by atoms with E-state index in [1.807, 2.05) is 6.07 Å². The Kier molecular flexibility index (Phi) is 7.14. The molecule has 1 saturated carbocycles. The summed E-state index contributed by atoms with van der Waals surface area (Å²) in [7, 11) is 0. The largest absolute Gasteiger partial charge is 0.494 e. The molecule has 0 atom stereocenters. The van der Waals surface area contributed by atoms with E-state index in [1.165, 1.54) is 42.5 Å². The molecule has 0 amide bonds. The van der Waals surface area contributed by atoms with Gasteiger partial charge in [0.05, 0.1) is 18.2 Å². The third-order valence-corrected chi connectivity index (χ3v) is 7.48. The van der Waals surface area contributed by atoms with Crippen molar-refractivity contribution in [3.63, 3.8) is 0 Å². The summed E-state index contributed by atoms with van der Waals surface area (Å²) in [5.74, 6) is 2.21. The summed E-state index contributed by atoms with van der Waals surface area (Å²) in [5, 5.41) is 12.8. The Morgan fingerprint density at radius 1 is 0.909 bits per heavy atom. The number of benzene rings is 2. The quantitative estimate of drug-likeness (QED) is 0.608. The maximum Gasteiger partial charge on any atom is 0.119 e. The first-order valence-corrected chi connectivity index (χ1v) is 12.7. The van der Waals surface area contributed by atoms with E-state index in [0.717, 1.165) is 70.2 Å². The molecule has 174 valence electrons. The maximum atomic E-state index is 9.41. The molecule has 2 aliphatic heterocycles. The van der Waals surface area contributed by atoms with Crippen LogP contribution in [0.4, 0.5) is 5.69 Å². The number of piperidine rings is 1. The van der Waals surface area contributed by atoms with Crippen LogP contribution in [0.25, 0.3) is 0 Å². The fourth-order valence-electron chi connectivity index (χ4n) is 5.30. The number of nitrogens with one attached hydrogen (secondary N) is 1. The molecule has 5 heteroatoms. The SMILES string of the molecule is N#Cc1ccc(N2CCC(c3ccc(OCCCN4CCNCC4)cc3)CC2)cc1C1CC1. The summed E-state index contributed by atoms with van der Waals surface area (Å²) in [4.78, 5) is 5.01. The van der Waals surface area contributed by atoms with Crippen molar-refractivity contribution in [1.82, 2.24) is 10.2 Å². The third kappa shape index (κ3) is 5.69. The first kappa shape index (κ1) is 22.3. The first-order chi connectivity index (χ1) is 16.3. The summed E-state index contributed by atoms with van der Waals surface area (Å²) in [6.45, 7) is 8.58. The Morgan fingerprint density at radius 3 is 2.36 bits per heavy atom. The van der Waals surface area contributed by atoms with Crippen molar-refractivity contribution in [2.75, 3.05) is 57.3 Å². The van der Waals surface area contributed by atoms with Crippen molar-refractivity contribution >= 4 is 5.69 Å². The second kappa shape index (κ2) is 10.6. The van der Waals surface area contributed by atoms with E-state index in [9.17, 15) is 5.26 Å². The lowest BCUT2D eigenvalue weighted by Gasteiger charge is -2.34. The van der Waals surface area contributed by atoms with Crippen molar-refractivity contribution < 1.29 is 4.74 Å². The van der Waals surface area contributed by atoms with Gasteiger partial charge in [-0.1, -0.05) is 12.1 Å². The van der Waals surface area contributed by atoms with Gasteiger partial charge in [-0.25, -0.2) is 0 Å². The number of nitrogens with zero attached hydrogens (tertiary/aromatic N) is 3. The normalized spacial score (nSPS) is 19.9. The Labute approximate surface area is 198 Å². The zero-order chi connectivity index (χ0) is 22.5. The summed E-state index contributed by atoms with van der Waals surface area (Å²) < 4.78 is 6.00. The van der Waals surface area contributed by atoms with Gasteiger partial charge in [0.25, 0.3) is 0 Å². The van der Waals surface area contributed by atoms with Crippen LogP contribution < -0.4 is 15.0 Å². The second-order valence-electron chi connectivity index (χ2n) is 9.78. The van der Waals surface area contributed by atoms with E-state index >= 15 is 0 Å². The van der Waals surface area contributed by atoms with Crippen LogP contribution in [-0.2, 0) is 0 Å².